The number of hydrogen-bond acceptors (Lipinski definition) is 3. The van der Waals surface area contributed by atoms with E-state index in [9.17, 15) is 0 Å². The molecule has 0 spiro atoms. The van der Waals surface area contributed by atoms with Crippen LogP contribution >= 0.6 is 0 Å². The molecule has 2 heterocycles. The van der Waals surface area contributed by atoms with Crippen LogP contribution in [0.25, 0.3) is 0 Å². The molecule has 0 amide bonds. The molecule has 0 aromatic rings. The molecule has 122 valence electrons. The van der Waals surface area contributed by atoms with Crippen LogP contribution in [0.2, 0.25) is 0 Å². The molecule has 0 aromatic heterocycles. The predicted molar refractivity (Wildman–Crippen MR) is 89.7 cm³/mol. The molecule has 3 aliphatic rings. The quantitative estimate of drug-likeness (QED) is 0.863. The number of likely N-dealkylation sites (N-methyl/N-ethyl adjacent to an activating group) is 2. The van der Waals surface area contributed by atoms with Crippen LogP contribution in [0.5, 0.6) is 0 Å². The lowest BCUT2D eigenvalue weighted by molar-refractivity contribution is 0.121. The van der Waals surface area contributed by atoms with Crippen molar-refractivity contribution >= 4 is 0 Å². The third-order valence-corrected chi connectivity index (χ3v) is 6.34. The first-order valence-corrected chi connectivity index (χ1v) is 9.49. The molecule has 0 radical (unpaired) electrons. The van der Waals surface area contributed by atoms with E-state index in [1.165, 1.54) is 70.9 Å². The van der Waals surface area contributed by atoms with E-state index in [-0.39, 0.29) is 0 Å². The van der Waals surface area contributed by atoms with E-state index in [1.54, 1.807) is 0 Å². The summed E-state index contributed by atoms with van der Waals surface area (Å²) in [5.41, 5.74) is 0. The van der Waals surface area contributed by atoms with Crippen molar-refractivity contribution < 1.29 is 0 Å². The van der Waals surface area contributed by atoms with Gasteiger partial charge in [0.1, 0.15) is 0 Å². The van der Waals surface area contributed by atoms with E-state index >= 15 is 0 Å². The maximum atomic E-state index is 3.82. The summed E-state index contributed by atoms with van der Waals surface area (Å²) in [5, 5.41) is 3.82. The summed E-state index contributed by atoms with van der Waals surface area (Å²) < 4.78 is 0. The molecule has 21 heavy (non-hydrogen) atoms. The van der Waals surface area contributed by atoms with E-state index < -0.39 is 0 Å². The molecule has 0 aromatic carbocycles. The number of hydrogen-bond donors (Lipinski definition) is 1. The zero-order valence-corrected chi connectivity index (χ0v) is 14.2. The average Bonchev–Trinajstić information content (AvgIpc) is 2.69. The Bertz CT molecular complexity index is 320. The van der Waals surface area contributed by atoms with Gasteiger partial charge in [-0.2, -0.15) is 0 Å². The highest BCUT2D eigenvalue weighted by atomic mass is 15.3. The number of nitrogens with one attached hydrogen (secondary N) is 1. The van der Waals surface area contributed by atoms with Gasteiger partial charge in [0.2, 0.25) is 0 Å². The fourth-order valence-corrected chi connectivity index (χ4v) is 5.04. The Morgan fingerprint density at radius 2 is 1.67 bits per heavy atom. The smallest absolute Gasteiger partial charge is 0.0250 e. The summed E-state index contributed by atoms with van der Waals surface area (Å²) >= 11 is 0. The summed E-state index contributed by atoms with van der Waals surface area (Å²) in [6.07, 6.45) is 12.8. The molecule has 1 saturated carbocycles. The Balaban J connectivity index is 1.69. The highest BCUT2D eigenvalue weighted by molar-refractivity contribution is 4.95. The third kappa shape index (κ3) is 3.62. The van der Waals surface area contributed by atoms with Crippen molar-refractivity contribution in [1.29, 1.82) is 0 Å². The normalized spacial score (nSPS) is 39.7. The van der Waals surface area contributed by atoms with Gasteiger partial charge in [0.15, 0.2) is 0 Å². The van der Waals surface area contributed by atoms with Crippen LogP contribution in [0.4, 0.5) is 0 Å². The molecule has 3 rings (SSSR count). The zero-order chi connectivity index (χ0) is 14.7. The fraction of sp³-hybridized carbons (Fsp3) is 1.00. The first-order chi connectivity index (χ1) is 10.3. The SMILES string of the molecule is CCNC1CCCCCCC1N1CCC2CCC(C1)N2C. The zero-order valence-electron chi connectivity index (χ0n) is 14.2. The minimum absolute atomic E-state index is 0.734. The molecule has 4 unspecified atom stereocenters. The Labute approximate surface area is 131 Å². The van der Waals surface area contributed by atoms with Gasteiger partial charge in [-0.15, -0.1) is 0 Å². The summed E-state index contributed by atoms with van der Waals surface area (Å²) in [6.45, 7) is 6.05. The Morgan fingerprint density at radius 3 is 2.48 bits per heavy atom. The van der Waals surface area contributed by atoms with Crippen LogP contribution in [0.1, 0.15) is 64.7 Å². The van der Waals surface area contributed by atoms with Gasteiger partial charge >= 0.3 is 0 Å². The molecular formula is C18H35N3. The molecule has 4 atom stereocenters. The molecule has 3 nitrogen and oxygen atoms in total. The van der Waals surface area contributed by atoms with E-state index in [2.05, 4.69) is 29.1 Å². The second-order valence-electron chi connectivity index (χ2n) is 7.56. The first kappa shape index (κ1) is 15.8. The lowest BCUT2D eigenvalue weighted by Gasteiger charge is -2.40. The van der Waals surface area contributed by atoms with Crippen LogP contribution in [0.3, 0.4) is 0 Å². The molecular weight excluding hydrogens is 258 g/mol. The number of rotatable bonds is 3. The highest BCUT2D eigenvalue weighted by Gasteiger charge is 2.38. The Kier molecular flexibility index (Phi) is 5.58. The Morgan fingerprint density at radius 1 is 0.905 bits per heavy atom. The predicted octanol–water partition coefficient (Wildman–Crippen LogP) is 2.86. The van der Waals surface area contributed by atoms with Crippen LogP contribution in [-0.2, 0) is 0 Å². The molecule has 3 heteroatoms. The second-order valence-corrected chi connectivity index (χ2v) is 7.56. The topological polar surface area (TPSA) is 18.5 Å². The van der Waals surface area contributed by atoms with Crippen molar-refractivity contribution in [1.82, 2.24) is 15.1 Å². The molecule has 3 fully saturated rings. The molecule has 2 aliphatic heterocycles. The first-order valence-electron chi connectivity index (χ1n) is 9.49. The third-order valence-electron chi connectivity index (χ3n) is 6.34. The van der Waals surface area contributed by atoms with Crippen molar-refractivity contribution in [3.8, 4) is 0 Å². The lowest BCUT2D eigenvalue weighted by atomic mass is 9.90. The molecule has 1 N–H and O–H groups in total. The van der Waals surface area contributed by atoms with Crippen molar-refractivity contribution in [2.24, 2.45) is 0 Å². The molecule has 2 bridgehead atoms. The van der Waals surface area contributed by atoms with Crippen molar-refractivity contribution in [2.45, 2.75) is 88.9 Å². The number of fused-ring (bicyclic) bond motifs is 2. The van der Waals surface area contributed by atoms with Gasteiger partial charge in [-0.25, -0.2) is 0 Å². The average molecular weight is 293 g/mol. The maximum absolute atomic E-state index is 3.82. The van der Waals surface area contributed by atoms with E-state index in [0.717, 1.165) is 30.7 Å². The highest BCUT2D eigenvalue weighted by Crippen LogP contribution is 2.31. The van der Waals surface area contributed by atoms with Crippen LogP contribution in [-0.4, -0.2) is 60.6 Å². The van der Waals surface area contributed by atoms with Crippen LogP contribution in [0.15, 0.2) is 0 Å². The summed E-state index contributed by atoms with van der Waals surface area (Å²) in [6, 6.07) is 3.21. The van der Waals surface area contributed by atoms with Gasteiger partial charge in [-0.1, -0.05) is 32.6 Å². The van der Waals surface area contributed by atoms with Crippen LogP contribution in [0, 0.1) is 0 Å². The van der Waals surface area contributed by atoms with Gasteiger partial charge < -0.3 is 5.32 Å². The largest absolute Gasteiger partial charge is 0.313 e. The van der Waals surface area contributed by atoms with Crippen molar-refractivity contribution in [3.05, 3.63) is 0 Å². The minimum Gasteiger partial charge on any atom is -0.313 e. The van der Waals surface area contributed by atoms with Gasteiger partial charge in [0.05, 0.1) is 0 Å². The standard InChI is InChI=1S/C18H35N3/c1-3-19-17-8-6-4-5-7-9-18(17)21-13-12-15-10-11-16(14-21)20(15)2/h15-19H,3-14H2,1-2H3. The molecule has 1 aliphatic carbocycles. The Hall–Kier alpha value is -0.120. The van der Waals surface area contributed by atoms with Gasteiger partial charge in [-0.05, 0) is 45.7 Å². The van der Waals surface area contributed by atoms with Crippen molar-refractivity contribution in [2.75, 3.05) is 26.7 Å². The van der Waals surface area contributed by atoms with E-state index in [0.29, 0.717) is 0 Å². The maximum Gasteiger partial charge on any atom is 0.0250 e. The minimum atomic E-state index is 0.734. The number of nitrogens with zero attached hydrogens (tertiary/aromatic N) is 2. The monoisotopic (exact) mass is 293 g/mol. The van der Waals surface area contributed by atoms with E-state index in [1.807, 2.05) is 0 Å². The van der Waals surface area contributed by atoms with Gasteiger partial charge in [-0.3, -0.25) is 9.80 Å². The van der Waals surface area contributed by atoms with E-state index in [4.69, 9.17) is 0 Å². The van der Waals surface area contributed by atoms with Crippen molar-refractivity contribution in [3.63, 3.8) is 0 Å². The van der Waals surface area contributed by atoms with Crippen LogP contribution < -0.4 is 5.32 Å². The van der Waals surface area contributed by atoms with Gasteiger partial charge in [0, 0.05) is 37.3 Å². The summed E-state index contributed by atoms with van der Waals surface area (Å²) in [7, 11) is 2.37. The lowest BCUT2D eigenvalue weighted by Crippen LogP contribution is -2.52. The number of likely N-dealkylation sites (tertiary alicyclic amines) is 1. The summed E-state index contributed by atoms with van der Waals surface area (Å²) in [4.78, 5) is 5.56. The summed E-state index contributed by atoms with van der Waals surface area (Å²) in [5.74, 6) is 0. The van der Waals surface area contributed by atoms with Gasteiger partial charge in [0.25, 0.3) is 0 Å². The fourth-order valence-electron chi connectivity index (χ4n) is 5.04. The second kappa shape index (κ2) is 7.43. The molecule has 2 saturated heterocycles.